The SMILES string of the molecule is CCN(Cc1cc(CNCC(C)C)co1)C1CCCCC1. The molecular weight excluding hydrogens is 260 g/mol. The molecule has 3 nitrogen and oxygen atoms in total. The van der Waals surface area contributed by atoms with E-state index in [1.54, 1.807) is 0 Å². The van der Waals surface area contributed by atoms with Crippen molar-refractivity contribution in [2.45, 2.75) is 72.0 Å². The van der Waals surface area contributed by atoms with Gasteiger partial charge in [-0.3, -0.25) is 4.90 Å². The van der Waals surface area contributed by atoms with Crippen LogP contribution in [0.1, 0.15) is 64.2 Å². The van der Waals surface area contributed by atoms with E-state index in [9.17, 15) is 0 Å². The van der Waals surface area contributed by atoms with Crippen LogP contribution in [-0.2, 0) is 13.1 Å². The minimum Gasteiger partial charge on any atom is -0.468 e. The normalized spacial score (nSPS) is 17.0. The molecule has 1 aliphatic rings. The van der Waals surface area contributed by atoms with Crippen LogP contribution in [0.25, 0.3) is 0 Å². The Kier molecular flexibility index (Phi) is 6.78. The summed E-state index contributed by atoms with van der Waals surface area (Å²) in [5.74, 6) is 1.81. The van der Waals surface area contributed by atoms with Gasteiger partial charge in [0.25, 0.3) is 0 Å². The summed E-state index contributed by atoms with van der Waals surface area (Å²) in [5, 5.41) is 3.47. The van der Waals surface area contributed by atoms with Crippen LogP contribution in [-0.4, -0.2) is 24.0 Å². The van der Waals surface area contributed by atoms with Crippen molar-refractivity contribution < 1.29 is 4.42 Å². The fourth-order valence-electron chi connectivity index (χ4n) is 3.25. The molecule has 0 unspecified atom stereocenters. The van der Waals surface area contributed by atoms with Crippen molar-refractivity contribution in [1.82, 2.24) is 10.2 Å². The minimum absolute atomic E-state index is 0.693. The lowest BCUT2D eigenvalue weighted by Crippen LogP contribution is -2.35. The van der Waals surface area contributed by atoms with Crippen LogP contribution in [0.2, 0.25) is 0 Å². The summed E-state index contributed by atoms with van der Waals surface area (Å²) in [6, 6.07) is 2.98. The van der Waals surface area contributed by atoms with Crippen molar-refractivity contribution in [3.05, 3.63) is 23.7 Å². The molecule has 0 atom stereocenters. The van der Waals surface area contributed by atoms with Crippen LogP contribution in [0.5, 0.6) is 0 Å². The molecule has 0 radical (unpaired) electrons. The molecule has 21 heavy (non-hydrogen) atoms. The van der Waals surface area contributed by atoms with Gasteiger partial charge in [-0.15, -0.1) is 0 Å². The second-order valence-electron chi connectivity index (χ2n) is 6.80. The van der Waals surface area contributed by atoms with Crippen LogP contribution in [0.15, 0.2) is 16.7 Å². The zero-order valence-corrected chi connectivity index (χ0v) is 14.0. The predicted octanol–water partition coefficient (Wildman–Crippen LogP) is 4.18. The van der Waals surface area contributed by atoms with Gasteiger partial charge in [0.05, 0.1) is 12.8 Å². The highest BCUT2D eigenvalue weighted by Gasteiger charge is 2.20. The molecule has 120 valence electrons. The van der Waals surface area contributed by atoms with Gasteiger partial charge in [-0.25, -0.2) is 0 Å². The first-order valence-electron chi connectivity index (χ1n) is 8.70. The topological polar surface area (TPSA) is 28.4 Å². The Balaban J connectivity index is 1.82. The highest BCUT2D eigenvalue weighted by atomic mass is 16.3. The second kappa shape index (κ2) is 8.60. The maximum Gasteiger partial charge on any atom is 0.118 e. The van der Waals surface area contributed by atoms with E-state index in [0.717, 1.165) is 38.0 Å². The van der Waals surface area contributed by atoms with Gasteiger partial charge in [-0.05, 0) is 37.9 Å². The summed E-state index contributed by atoms with van der Waals surface area (Å²) in [7, 11) is 0. The molecule has 1 aromatic heterocycles. The Labute approximate surface area is 130 Å². The predicted molar refractivity (Wildman–Crippen MR) is 88.2 cm³/mol. The fraction of sp³-hybridized carbons (Fsp3) is 0.778. The first kappa shape index (κ1) is 16.6. The van der Waals surface area contributed by atoms with E-state index in [0.29, 0.717) is 5.92 Å². The lowest BCUT2D eigenvalue weighted by Gasteiger charge is -2.32. The smallest absolute Gasteiger partial charge is 0.118 e. The number of hydrogen-bond acceptors (Lipinski definition) is 3. The summed E-state index contributed by atoms with van der Waals surface area (Å²) in [5.41, 5.74) is 1.27. The third kappa shape index (κ3) is 5.48. The molecule has 1 aliphatic carbocycles. The van der Waals surface area contributed by atoms with E-state index in [-0.39, 0.29) is 0 Å². The summed E-state index contributed by atoms with van der Waals surface area (Å²) in [6.07, 6.45) is 8.83. The minimum atomic E-state index is 0.693. The molecule has 3 heteroatoms. The van der Waals surface area contributed by atoms with Crippen molar-refractivity contribution in [3.63, 3.8) is 0 Å². The standard InChI is InChI=1S/C18H32N2O/c1-4-20(17-8-6-5-7-9-17)13-18-10-16(14-21-18)12-19-11-15(2)3/h10,14-15,17,19H,4-9,11-13H2,1-3H3. The van der Waals surface area contributed by atoms with Crippen molar-refractivity contribution in [3.8, 4) is 0 Å². The molecule has 1 aromatic rings. The Morgan fingerprint density at radius 3 is 2.71 bits per heavy atom. The monoisotopic (exact) mass is 292 g/mol. The molecule has 1 fully saturated rings. The third-order valence-electron chi connectivity index (χ3n) is 4.45. The van der Waals surface area contributed by atoms with E-state index in [1.807, 2.05) is 6.26 Å². The zero-order valence-electron chi connectivity index (χ0n) is 14.0. The summed E-state index contributed by atoms with van der Waals surface area (Å²) in [6.45, 7) is 10.8. The van der Waals surface area contributed by atoms with Crippen LogP contribution in [0.4, 0.5) is 0 Å². The van der Waals surface area contributed by atoms with Gasteiger partial charge >= 0.3 is 0 Å². The Morgan fingerprint density at radius 1 is 1.29 bits per heavy atom. The molecule has 2 rings (SSSR count). The average Bonchev–Trinajstić information content (AvgIpc) is 2.93. The van der Waals surface area contributed by atoms with Gasteiger partial charge in [-0.2, -0.15) is 0 Å². The van der Waals surface area contributed by atoms with Crippen molar-refractivity contribution >= 4 is 0 Å². The molecule has 0 bridgehead atoms. The van der Waals surface area contributed by atoms with E-state index in [2.05, 4.69) is 37.1 Å². The largest absolute Gasteiger partial charge is 0.468 e. The van der Waals surface area contributed by atoms with Crippen molar-refractivity contribution in [2.75, 3.05) is 13.1 Å². The highest BCUT2D eigenvalue weighted by molar-refractivity contribution is 5.12. The van der Waals surface area contributed by atoms with Gasteiger partial charge in [0, 0.05) is 18.2 Å². The summed E-state index contributed by atoms with van der Waals surface area (Å²) < 4.78 is 5.76. The van der Waals surface area contributed by atoms with E-state index >= 15 is 0 Å². The van der Waals surface area contributed by atoms with Crippen molar-refractivity contribution in [1.29, 1.82) is 0 Å². The fourth-order valence-corrected chi connectivity index (χ4v) is 3.25. The van der Waals surface area contributed by atoms with E-state index in [1.165, 1.54) is 37.7 Å². The average molecular weight is 292 g/mol. The van der Waals surface area contributed by atoms with Crippen LogP contribution in [0.3, 0.4) is 0 Å². The summed E-state index contributed by atoms with van der Waals surface area (Å²) >= 11 is 0. The Bertz CT molecular complexity index is 394. The van der Waals surface area contributed by atoms with Crippen LogP contribution >= 0.6 is 0 Å². The van der Waals surface area contributed by atoms with Gasteiger partial charge < -0.3 is 9.73 Å². The van der Waals surface area contributed by atoms with E-state index < -0.39 is 0 Å². The van der Waals surface area contributed by atoms with Gasteiger partial charge in [0.2, 0.25) is 0 Å². The second-order valence-corrected chi connectivity index (χ2v) is 6.80. The molecule has 1 saturated carbocycles. The Morgan fingerprint density at radius 2 is 2.05 bits per heavy atom. The zero-order chi connectivity index (χ0) is 15.1. The van der Waals surface area contributed by atoms with Gasteiger partial charge in [-0.1, -0.05) is 40.0 Å². The van der Waals surface area contributed by atoms with Crippen molar-refractivity contribution in [2.24, 2.45) is 5.92 Å². The maximum absolute atomic E-state index is 5.76. The molecule has 0 amide bonds. The molecule has 1 heterocycles. The number of furan rings is 1. The Hall–Kier alpha value is -0.800. The summed E-state index contributed by atoms with van der Waals surface area (Å²) in [4.78, 5) is 2.59. The van der Waals surface area contributed by atoms with Crippen LogP contribution < -0.4 is 5.32 Å². The number of rotatable bonds is 8. The van der Waals surface area contributed by atoms with Crippen LogP contribution in [0, 0.1) is 5.92 Å². The molecule has 1 N–H and O–H groups in total. The number of nitrogens with one attached hydrogen (secondary N) is 1. The maximum atomic E-state index is 5.76. The molecule has 0 spiro atoms. The third-order valence-corrected chi connectivity index (χ3v) is 4.45. The first-order valence-corrected chi connectivity index (χ1v) is 8.70. The molecular formula is C18H32N2O. The lowest BCUT2D eigenvalue weighted by molar-refractivity contribution is 0.145. The van der Waals surface area contributed by atoms with Gasteiger partial charge in [0.15, 0.2) is 0 Å². The molecule has 0 aliphatic heterocycles. The van der Waals surface area contributed by atoms with E-state index in [4.69, 9.17) is 4.42 Å². The quantitative estimate of drug-likeness (QED) is 0.779. The number of hydrogen-bond donors (Lipinski definition) is 1. The lowest BCUT2D eigenvalue weighted by atomic mass is 9.94. The highest BCUT2D eigenvalue weighted by Crippen LogP contribution is 2.24. The number of nitrogens with zero attached hydrogens (tertiary/aromatic N) is 1. The molecule has 0 aromatic carbocycles. The first-order chi connectivity index (χ1) is 10.2. The van der Waals surface area contributed by atoms with Gasteiger partial charge in [0.1, 0.15) is 5.76 Å². The molecule has 0 saturated heterocycles.